The lowest BCUT2D eigenvalue weighted by atomic mass is 10.2. The zero-order valence-corrected chi connectivity index (χ0v) is 15.3. The number of fused-ring (bicyclic) bond motifs is 1. The minimum absolute atomic E-state index is 0.134. The van der Waals surface area contributed by atoms with E-state index in [0.29, 0.717) is 18.1 Å². The summed E-state index contributed by atoms with van der Waals surface area (Å²) in [6.07, 6.45) is 5.67. The number of aromatic nitrogens is 4. The maximum Gasteiger partial charge on any atom is 0.294 e. The van der Waals surface area contributed by atoms with Crippen LogP contribution in [0.15, 0.2) is 41.5 Å². The number of nitrogens with zero attached hydrogens (tertiary/aromatic N) is 5. The Morgan fingerprint density at radius 3 is 2.74 bits per heavy atom. The molecule has 0 bridgehead atoms. The molecule has 8 nitrogen and oxygen atoms in total. The summed E-state index contributed by atoms with van der Waals surface area (Å²) < 4.78 is 3.29. The molecule has 3 heterocycles. The molecule has 1 aliphatic heterocycles. The van der Waals surface area contributed by atoms with Gasteiger partial charge in [-0.25, -0.2) is 4.98 Å². The van der Waals surface area contributed by atoms with Crippen molar-refractivity contribution >= 4 is 28.4 Å². The van der Waals surface area contributed by atoms with Crippen molar-refractivity contribution in [3.8, 4) is 0 Å². The van der Waals surface area contributed by atoms with Crippen LogP contribution in [-0.4, -0.2) is 38.3 Å². The molecule has 0 aliphatic carbocycles. The number of para-hydroxylation sites is 2. The summed E-state index contributed by atoms with van der Waals surface area (Å²) in [7, 11) is 1.79. The van der Waals surface area contributed by atoms with Gasteiger partial charge in [-0.15, -0.1) is 0 Å². The fourth-order valence-corrected chi connectivity index (χ4v) is 3.46. The molecule has 140 valence electrons. The van der Waals surface area contributed by atoms with Gasteiger partial charge in [-0.1, -0.05) is 12.1 Å². The molecule has 1 aliphatic rings. The number of hydrogen-bond donors (Lipinski definition) is 1. The van der Waals surface area contributed by atoms with Crippen LogP contribution in [0.5, 0.6) is 0 Å². The van der Waals surface area contributed by atoms with E-state index in [0.717, 1.165) is 37.0 Å². The van der Waals surface area contributed by atoms with Crippen LogP contribution in [-0.2, 0) is 18.4 Å². The van der Waals surface area contributed by atoms with Crippen LogP contribution < -0.4 is 15.8 Å². The minimum atomic E-state index is -0.154. The van der Waals surface area contributed by atoms with Crippen molar-refractivity contribution in [2.45, 2.75) is 25.8 Å². The lowest BCUT2D eigenvalue weighted by Crippen LogP contribution is -2.32. The van der Waals surface area contributed by atoms with E-state index < -0.39 is 0 Å². The molecule has 0 atom stereocenters. The third-order valence-corrected chi connectivity index (χ3v) is 4.79. The van der Waals surface area contributed by atoms with Crippen molar-refractivity contribution in [2.75, 3.05) is 23.3 Å². The van der Waals surface area contributed by atoms with Gasteiger partial charge in [0, 0.05) is 39.3 Å². The van der Waals surface area contributed by atoms with E-state index >= 15 is 0 Å². The van der Waals surface area contributed by atoms with Gasteiger partial charge in [0.2, 0.25) is 5.91 Å². The molecule has 3 aromatic rings. The lowest BCUT2D eigenvalue weighted by molar-refractivity contribution is -0.116. The topological polar surface area (TPSA) is 85.0 Å². The summed E-state index contributed by atoms with van der Waals surface area (Å²) in [6.45, 7) is 2.00. The highest BCUT2D eigenvalue weighted by molar-refractivity contribution is 5.90. The maximum atomic E-state index is 13.1. The van der Waals surface area contributed by atoms with Crippen LogP contribution in [0.2, 0.25) is 0 Å². The molecule has 0 spiro atoms. The Morgan fingerprint density at radius 2 is 2.00 bits per heavy atom. The van der Waals surface area contributed by atoms with Gasteiger partial charge in [0.15, 0.2) is 5.82 Å². The van der Waals surface area contributed by atoms with Crippen LogP contribution >= 0.6 is 0 Å². The number of amides is 1. The molecule has 1 fully saturated rings. The second kappa shape index (κ2) is 7.22. The third kappa shape index (κ3) is 3.55. The number of anilines is 2. The Hall–Kier alpha value is -3.16. The number of carbonyl (C=O) groups excluding carboxylic acids is 1. The molecular formula is C19H22N6O2. The molecular weight excluding hydrogens is 344 g/mol. The minimum Gasteiger partial charge on any atom is -0.352 e. The Kier molecular flexibility index (Phi) is 4.62. The number of nitrogens with one attached hydrogen (secondary N) is 1. The van der Waals surface area contributed by atoms with E-state index in [1.165, 1.54) is 0 Å². The largest absolute Gasteiger partial charge is 0.352 e. The Balaban J connectivity index is 1.60. The lowest BCUT2D eigenvalue weighted by Gasteiger charge is -2.18. The standard InChI is InChI=1S/C19H22N6O2/c1-23-13-14(12-20-23)21-17(26)8-11-25-16-7-3-2-6-15(16)22-18(19(25)27)24-9-4-5-10-24/h2-3,6-7,12-13H,4-5,8-11H2,1H3,(H,21,26). The zero-order valence-electron chi connectivity index (χ0n) is 15.3. The van der Waals surface area contributed by atoms with Crippen molar-refractivity contribution in [1.29, 1.82) is 0 Å². The van der Waals surface area contributed by atoms with Crippen LogP contribution in [0.3, 0.4) is 0 Å². The summed E-state index contributed by atoms with van der Waals surface area (Å²) in [5, 5.41) is 6.84. The smallest absolute Gasteiger partial charge is 0.294 e. The normalized spacial score (nSPS) is 14.0. The predicted octanol–water partition coefficient (Wildman–Crippen LogP) is 1.76. The molecule has 1 aromatic carbocycles. The van der Waals surface area contributed by atoms with Gasteiger partial charge in [-0.05, 0) is 25.0 Å². The van der Waals surface area contributed by atoms with Gasteiger partial charge in [0.25, 0.3) is 5.56 Å². The Labute approximate surface area is 156 Å². The average Bonchev–Trinajstić information content (AvgIpc) is 3.32. The molecule has 1 N–H and O–H groups in total. The van der Waals surface area contributed by atoms with Crippen molar-refractivity contribution in [3.63, 3.8) is 0 Å². The van der Waals surface area contributed by atoms with Crippen molar-refractivity contribution in [1.82, 2.24) is 19.3 Å². The third-order valence-electron chi connectivity index (χ3n) is 4.79. The number of benzene rings is 1. The van der Waals surface area contributed by atoms with E-state index in [1.807, 2.05) is 29.2 Å². The SMILES string of the molecule is Cn1cc(NC(=O)CCn2c(=O)c(N3CCCC3)nc3ccccc32)cn1. The van der Waals surface area contributed by atoms with Crippen LogP contribution in [0.4, 0.5) is 11.5 Å². The molecule has 4 rings (SSSR count). The fourth-order valence-electron chi connectivity index (χ4n) is 3.46. The van der Waals surface area contributed by atoms with Gasteiger partial charge < -0.3 is 14.8 Å². The molecule has 0 saturated carbocycles. The van der Waals surface area contributed by atoms with Gasteiger partial charge >= 0.3 is 0 Å². The van der Waals surface area contributed by atoms with E-state index in [9.17, 15) is 9.59 Å². The van der Waals surface area contributed by atoms with Crippen LogP contribution in [0.1, 0.15) is 19.3 Å². The quantitative estimate of drug-likeness (QED) is 0.744. The Bertz CT molecular complexity index is 1030. The first-order chi connectivity index (χ1) is 13.1. The molecule has 8 heteroatoms. The predicted molar refractivity (Wildman–Crippen MR) is 104 cm³/mol. The molecule has 2 aromatic heterocycles. The Morgan fingerprint density at radius 1 is 1.22 bits per heavy atom. The zero-order chi connectivity index (χ0) is 18.8. The maximum absolute atomic E-state index is 13.1. The summed E-state index contributed by atoms with van der Waals surface area (Å²) >= 11 is 0. The average molecular weight is 366 g/mol. The van der Waals surface area contributed by atoms with Gasteiger partial charge in [0.05, 0.1) is 22.9 Å². The summed E-state index contributed by atoms with van der Waals surface area (Å²) in [4.78, 5) is 32.0. The number of hydrogen-bond acceptors (Lipinski definition) is 5. The number of carbonyl (C=O) groups is 1. The first-order valence-electron chi connectivity index (χ1n) is 9.15. The molecule has 0 unspecified atom stereocenters. The highest BCUT2D eigenvalue weighted by Crippen LogP contribution is 2.18. The summed E-state index contributed by atoms with van der Waals surface area (Å²) in [5.41, 5.74) is 2.03. The van der Waals surface area contributed by atoms with Gasteiger partial charge in [-0.2, -0.15) is 5.10 Å². The van der Waals surface area contributed by atoms with Crippen LogP contribution in [0.25, 0.3) is 11.0 Å². The van der Waals surface area contributed by atoms with Crippen LogP contribution in [0, 0.1) is 0 Å². The van der Waals surface area contributed by atoms with Gasteiger partial charge in [0.1, 0.15) is 0 Å². The van der Waals surface area contributed by atoms with E-state index in [-0.39, 0.29) is 17.9 Å². The van der Waals surface area contributed by atoms with E-state index in [1.54, 1.807) is 28.7 Å². The first kappa shape index (κ1) is 17.3. The van der Waals surface area contributed by atoms with Crippen molar-refractivity contribution < 1.29 is 4.79 Å². The highest BCUT2D eigenvalue weighted by atomic mass is 16.2. The van der Waals surface area contributed by atoms with Gasteiger partial charge in [-0.3, -0.25) is 14.3 Å². The molecule has 27 heavy (non-hydrogen) atoms. The highest BCUT2D eigenvalue weighted by Gasteiger charge is 2.20. The second-order valence-electron chi connectivity index (χ2n) is 6.78. The summed E-state index contributed by atoms with van der Waals surface area (Å²) in [6, 6.07) is 7.56. The van der Waals surface area contributed by atoms with Crippen molar-refractivity contribution in [3.05, 3.63) is 47.0 Å². The number of aryl methyl sites for hydroxylation is 2. The second-order valence-corrected chi connectivity index (χ2v) is 6.78. The fraction of sp³-hybridized carbons (Fsp3) is 0.368. The number of rotatable bonds is 5. The van der Waals surface area contributed by atoms with E-state index in [2.05, 4.69) is 15.4 Å². The molecule has 1 saturated heterocycles. The molecule has 1 amide bonds. The van der Waals surface area contributed by atoms with Crippen molar-refractivity contribution in [2.24, 2.45) is 7.05 Å². The molecule has 0 radical (unpaired) electrons. The monoisotopic (exact) mass is 366 g/mol. The first-order valence-corrected chi connectivity index (χ1v) is 9.15. The van der Waals surface area contributed by atoms with E-state index in [4.69, 9.17) is 0 Å². The summed E-state index contributed by atoms with van der Waals surface area (Å²) in [5.74, 6) is 0.331.